The number of hydrogen-bond donors (Lipinski definition) is 2. The Morgan fingerprint density at radius 1 is 1.15 bits per heavy atom. The van der Waals surface area contributed by atoms with Gasteiger partial charge in [0.15, 0.2) is 0 Å². The molecule has 0 radical (unpaired) electrons. The van der Waals surface area contributed by atoms with E-state index in [0.29, 0.717) is 26.8 Å². The van der Waals surface area contributed by atoms with Gasteiger partial charge in [-0.05, 0) is 73.6 Å². The van der Waals surface area contributed by atoms with Crippen molar-refractivity contribution >= 4 is 40.6 Å². The molecule has 0 saturated heterocycles. The Bertz CT molecular complexity index is 1190. The average molecular weight is 499 g/mol. The van der Waals surface area contributed by atoms with Crippen LogP contribution < -0.4 is 10.2 Å². The van der Waals surface area contributed by atoms with Crippen molar-refractivity contribution in [3.8, 4) is 5.75 Å². The van der Waals surface area contributed by atoms with Crippen LogP contribution in [0.4, 0.5) is 5.69 Å². The standard InChI is InChI=1S/C25H27ClN4O3S/c1-15-11-12-19(14-21(15)26)30(25(33)23-16(2)28-29-34-23)22(17-7-6-10-20(31)13-17)24(32)27-18-8-4-3-5-9-18/h6-7,10-14,18,22,31H,3-5,8-9H2,1-2H3,(H,27,32). The lowest BCUT2D eigenvalue weighted by Gasteiger charge is -2.33. The molecule has 2 aromatic carbocycles. The summed E-state index contributed by atoms with van der Waals surface area (Å²) >= 11 is 7.41. The Hall–Kier alpha value is -2.97. The number of anilines is 1. The molecule has 2 N–H and O–H groups in total. The van der Waals surface area contributed by atoms with Gasteiger partial charge in [0.05, 0.1) is 5.69 Å². The van der Waals surface area contributed by atoms with Crippen molar-refractivity contribution in [3.63, 3.8) is 0 Å². The number of nitrogens with zero attached hydrogens (tertiary/aromatic N) is 3. The molecule has 178 valence electrons. The molecule has 1 saturated carbocycles. The van der Waals surface area contributed by atoms with Gasteiger partial charge in [-0.25, -0.2) is 0 Å². The van der Waals surface area contributed by atoms with Crippen LogP contribution in [0, 0.1) is 13.8 Å². The number of carbonyl (C=O) groups excluding carboxylic acids is 2. The monoisotopic (exact) mass is 498 g/mol. The number of aryl methyl sites for hydroxylation is 2. The third-order valence-electron chi connectivity index (χ3n) is 6.14. The number of amides is 2. The van der Waals surface area contributed by atoms with Crippen molar-refractivity contribution in [3.05, 3.63) is 69.2 Å². The predicted octanol–water partition coefficient (Wildman–Crippen LogP) is 5.35. The van der Waals surface area contributed by atoms with Crippen LogP contribution in [-0.2, 0) is 4.79 Å². The maximum absolute atomic E-state index is 13.9. The summed E-state index contributed by atoms with van der Waals surface area (Å²) in [7, 11) is 0. The van der Waals surface area contributed by atoms with Gasteiger partial charge in [0.2, 0.25) is 5.91 Å². The Kier molecular flexibility index (Phi) is 7.48. The van der Waals surface area contributed by atoms with Crippen molar-refractivity contribution in [1.29, 1.82) is 0 Å². The Labute approximate surface area is 207 Å². The minimum Gasteiger partial charge on any atom is -0.508 e. The first kappa shape index (κ1) is 24.2. The zero-order valence-corrected chi connectivity index (χ0v) is 20.7. The minimum absolute atomic E-state index is 0.0120. The number of phenolic OH excluding ortho intramolecular Hbond substituents is 1. The molecule has 7 nitrogen and oxygen atoms in total. The lowest BCUT2D eigenvalue weighted by Crippen LogP contribution is -2.47. The largest absolute Gasteiger partial charge is 0.508 e. The highest BCUT2D eigenvalue weighted by Gasteiger charge is 2.36. The smallest absolute Gasteiger partial charge is 0.272 e. The molecule has 1 atom stereocenters. The molecule has 1 fully saturated rings. The zero-order chi connectivity index (χ0) is 24.2. The molecule has 9 heteroatoms. The van der Waals surface area contributed by atoms with Crippen molar-refractivity contribution in [2.45, 2.75) is 58.0 Å². The maximum atomic E-state index is 13.9. The van der Waals surface area contributed by atoms with Crippen molar-refractivity contribution in [2.24, 2.45) is 0 Å². The normalized spacial score (nSPS) is 15.0. The summed E-state index contributed by atoms with van der Waals surface area (Å²) in [6, 6.07) is 10.7. The molecular formula is C25H27ClN4O3S. The lowest BCUT2D eigenvalue weighted by molar-refractivity contribution is -0.123. The number of rotatable bonds is 6. The number of hydrogen-bond acceptors (Lipinski definition) is 6. The van der Waals surface area contributed by atoms with Crippen LogP contribution in [-0.4, -0.2) is 32.5 Å². The van der Waals surface area contributed by atoms with Crippen LogP contribution in [0.3, 0.4) is 0 Å². The zero-order valence-electron chi connectivity index (χ0n) is 19.1. The number of aromatic nitrogens is 2. The van der Waals surface area contributed by atoms with Gasteiger partial charge < -0.3 is 10.4 Å². The molecule has 1 unspecified atom stereocenters. The van der Waals surface area contributed by atoms with Gasteiger partial charge in [0, 0.05) is 16.8 Å². The molecule has 2 amide bonds. The number of halogens is 1. The number of phenols is 1. The van der Waals surface area contributed by atoms with Gasteiger partial charge in [-0.1, -0.05) is 53.6 Å². The SMILES string of the molecule is Cc1ccc(N(C(=O)c2snnc2C)C(C(=O)NC2CCCCC2)c2cccc(O)c2)cc1Cl. The molecule has 34 heavy (non-hydrogen) atoms. The summed E-state index contributed by atoms with van der Waals surface area (Å²) in [6.45, 7) is 3.58. The van der Waals surface area contributed by atoms with E-state index in [0.717, 1.165) is 49.2 Å². The molecular weight excluding hydrogens is 472 g/mol. The molecule has 1 aliphatic carbocycles. The highest BCUT2D eigenvalue weighted by Crippen LogP contribution is 2.34. The summed E-state index contributed by atoms with van der Waals surface area (Å²) in [5.74, 6) is -0.699. The Balaban J connectivity index is 1.84. The fourth-order valence-corrected chi connectivity index (χ4v) is 5.06. The van der Waals surface area contributed by atoms with Gasteiger partial charge >= 0.3 is 0 Å². The number of nitrogens with one attached hydrogen (secondary N) is 1. The second kappa shape index (κ2) is 10.5. The van der Waals surface area contributed by atoms with Gasteiger partial charge in [-0.3, -0.25) is 14.5 Å². The van der Waals surface area contributed by atoms with Crippen LogP contribution in [0.2, 0.25) is 5.02 Å². The molecule has 1 aliphatic rings. The van der Waals surface area contributed by atoms with E-state index in [1.807, 2.05) is 13.0 Å². The van der Waals surface area contributed by atoms with E-state index in [9.17, 15) is 14.7 Å². The number of benzene rings is 2. The average Bonchev–Trinajstić information content (AvgIpc) is 3.25. The molecule has 1 aromatic heterocycles. The molecule has 0 bridgehead atoms. The van der Waals surface area contributed by atoms with E-state index in [1.54, 1.807) is 31.2 Å². The van der Waals surface area contributed by atoms with Crippen LogP contribution in [0.1, 0.15) is 64.6 Å². The van der Waals surface area contributed by atoms with Gasteiger partial charge in [0.1, 0.15) is 16.7 Å². The number of aromatic hydroxyl groups is 1. The maximum Gasteiger partial charge on any atom is 0.272 e. The Morgan fingerprint density at radius 3 is 2.56 bits per heavy atom. The van der Waals surface area contributed by atoms with Gasteiger partial charge in [0.25, 0.3) is 5.91 Å². The summed E-state index contributed by atoms with van der Waals surface area (Å²) in [6.07, 6.45) is 5.08. The van der Waals surface area contributed by atoms with Crippen LogP contribution in [0.15, 0.2) is 42.5 Å². The van der Waals surface area contributed by atoms with Crippen LogP contribution in [0.25, 0.3) is 0 Å². The molecule has 3 aromatic rings. The van der Waals surface area contributed by atoms with E-state index in [-0.39, 0.29) is 17.7 Å². The quantitative estimate of drug-likeness (QED) is 0.477. The first-order valence-corrected chi connectivity index (χ1v) is 12.5. The molecule has 0 aliphatic heterocycles. The van der Waals surface area contributed by atoms with Gasteiger partial charge in [-0.15, -0.1) is 5.10 Å². The van der Waals surface area contributed by atoms with Crippen molar-refractivity contribution in [1.82, 2.24) is 14.9 Å². The highest BCUT2D eigenvalue weighted by molar-refractivity contribution is 7.08. The van der Waals surface area contributed by atoms with Crippen molar-refractivity contribution in [2.75, 3.05) is 4.90 Å². The predicted molar refractivity (Wildman–Crippen MR) is 134 cm³/mol. The van der Waals surface area contributed by atoms with E-state index < -0.39 is 11.9 Å². The second-order valence-electron chi connectivity index (χ2n) is 8.64. The second-order valence-corrected chi connectivity index (χ2v) is 9.80. The highest BCUT2D eigenvalue weighted by atomic mass is 35.5. The third-order valence-corrected chi connectivity index (χ3v) is 7.37. The Morgan fingerprint density at radius 2 is 1.91 bits per heavy atom. The van der Waals surface area contributed by atoms with Crippen LogP contribution in [0.5, 0.6) is 5.75 Å². The lowest BCUT2D eigenvalue weighted by atomic mass is 9.94. The van der Waals surface area contributed by atoms with E-state index in [2.05, 4.69) is 14.9 Å². The van der Waals surface area contributed by atoms with Crippen LogP contribution >= 0.6 is 23.1 Å². The first-order chi connectivity index (χ1) is 16.3. The third kappa shape index (κ3) is 5.23. The van der Waals surface area contributed by atoms with Gasteiger partial charge in [-0.2, -0.15) is 0 Å². The van der Waals surface area contributed by atoms with Crippen molar-refractivity contribution < 1.29 is 14.7 Å². The summed E-state index contributed by atoms with van der Waals surface area (Å²) in [4.78, 5) is 29.5. The molecule has 4 rings (SSSR count). The fraction of sp³-hybridized carbons (Fsp3) is 0.360. The first-order valence-electron chi connectivity index (χ1n) is 11.3. The summed E-state index contributed by atoms with van der Waals surface area (Å²) in [5, 5.41) is 17.8. The summed E-state index contributed by atoms with van der Waals surface area (Å²) < 4.78 is 3.91. The van der Waals surface area contributed by atoms with E-state index >= 15 is 0 Å². The minimum atomic E-state index is -1.03. The molecule has 1 heterocycles. The summed E-state index contributed by atoms with van der Waals surface area (Å²) in [5.41, 5.74) is 2.31. The number of carbonyl (C=O) groups is 2. The topological polar surface area (TPSA) is 95.4 Å². The van der Waals surface area contributed by atoms with E-state index in [1.165, 1.54) is 17.0 Å². The fourth-order valence-electron chi connectivity index (χ4n) is 4.29. The molecule has 0 spiro atoms. The van der Waals surface area contributed by atoms with E-state index in [4.69, 9.17) is 11.6 Å².